The van der Waals surface area contributed by atoms with Gasteiger partial charge in [-0.3, -0.25) is 14.2 Å². The fourth-order valence-corrected chi connectivity index (χ4v) is 1.80. The highest BCUT2D eigenvalue weighted by atomic mass is 16.4. The van der Waals surface area contributed by atoms with E-state index in [1.807, 2.05) is 0 Å². The van der Waals surface area contributed by atoms with Crippen molar-refractivity contribution in [3.8, 4) is 0 Å². The number of likely N-dealkylation sites (N-methyl/N-ethyl adjacent to an activating group) is 1. The molecule has 0 atom stereocenters. The Hall–Kier alpha value is -2.57. The van der Waals surface area contributed by atoms with Gasteiger partial charge < -0.3 is 15.1 Å². The average molecular weight is 263 g/mol. The standard InChI is InChI=1S/C12H13N3O4/c1-14(11(17)10(13)16)6-7-3-4-9-8(5-7)15(2)12(18)19-9/h3-5H,6H2,1-2H3,(H2,13,16). The number of oxazole rings is 1. The lowest BCUT2D eigenvalue weighted by molar-refractivity contribution is -0.143. The molecule has 2 aromatic rings. The minimum Gasteiger partial charge on any atom is -0.408 e. The fraction of sp³-hybridized carbons (Fsp3) is 0.250. The summed E-state index contributed by atoms with van der Waals surface area (Å²) in [6.07, 6.45) is 0. The van der Waals surface area contributed by atoms with Crippen LogP contribution in [0.2, 0.25) is 0 Å². The number of carbonyl (C=O) groups is 2. The summed E-state index contributed by atoms with van der Waals surface area (Å²) in [7, 11) is 3.07. The van der Waals surface area contributed by atoms with E-state index in [-0.39, 0.29) is 6.54 Å². The SMILES string of the molecule is CN(Cc1ccc2oc(=O)n(C)c2c1)C(=O)C(N)=O. The molecule has 2 N–H and O–H groups in total. The monoisotopic (exact) mass is 263 g/mol. The molecule has 0 spiro atoms. The normalized spacial score (nSPS) is 10.6. The first-order valence-corrected chi connectivity index (χ1v) is 5.53. The summed E-state index contributed by atoms with van der Waals surface area (Å²) in [6, 6.07) is 5.09. The van der Waals surface area contributed by atoms with Crippen LogP contribution in [0, 0.1) is 0 Å². The van der Waals surface area contributed by atoms with E-state index in [1.54, 1.807) is 25.2 Å². The molecule has 7 nitrogen and oxygen atoms in total. The maximum Gasteiger partial charge on any atom is 0.419 e. The summed E-state index contributed by atoms with van der Waals surface area (Å²) in [6.45, 7) is 0.219. The van der Waals surface area contributed by atoms with Crippen LogP contribution in [0.3, 0.4) is 0 Å². The molecule has 2 rings (SSSR count). The summed E-state index contributed by atoms with van der Waals surface area (Å²) in [4.78, 5) is 34.7. The zero-order valence-electron chi connectivity index (χ0n) is 10.5. The van der Waals surface area contributed by atoms with Gasteiger partial charge in [0.1, 0.15) is 0 Å². The molecule has 0 unspecified atom stereocenters. The molecule has 0 aliphatic carbocycles. The minimum atomic E-state index is -1.00. The first kappa shape index (κ1) is 12.9. The van der Waals surface area contributed by atoms with Crippen LogP contribution in [-0.4, -0.2) is 28.3 Å². The second-order valence-electron chi connectivity index (χ2n) is 4.25. The van der Waals surface area contributed by atoms with Crippen molar-refractivity contribution in [1.82, 2.24) is 9.47 Å². The van der Waals surface area contributed by atoms with E-state index in [0.29, 0.717) is 11.1 Å². The quantitative estimate of drug-likeness (QED) is 0.743. The Kier molecular flexibility index (Phi) is 3.12. The average Bonchev–Trinajstić information content (AvgIpc) is 2.64. The molecule has 0 saturated carbocycles. The first-order valence-electron chi connectivity index (χ1n) is 5.53. The largest absolute Gasteiger partial charge is 0.419 e. The molecule has 0 fully saturated rings. The van der Waals surface area contributed by atoms with Gasteiger partial charge in [0.2, 0.25) is 0 Å². The van der Waals surface area contributed by atoms with Gasteiger partial charge in [-0.2, -0.15) is 0 Å². The van der Waals surface area contributed by atoms with Gasteiger partial charge in [0, 0.05) is 20.6 Å². The van der Waals surface area contributed by atoms with Crippen molar-refractivity contribution < 1.29 is 14.0 Å². The predicted octanol–water partition coefficient (Wildman–Crippen LogP) is -0.425. The van der Waals surface area contributed by atoms with Crippen molar-refractivity contribution in [3.05, 3.63) is 34.3 Å². The van der Waals surface area contributed by atoms with Crippen molar-refractivity contribution >= 4 is 22.9 Å². The van der Waals surface area contributed by atoms with E-state index in [0.717, 1.165) is 5.56 Å². The molecule has 7 heteroatoms. The van der Waals surface area contributed by atoms with Crippen LogP contribution in [0.4, 0.5) is 0 Å². The van der Waals surface area contributed by atoms with Crippen LogP contribution in [-0.2, 0) is 23.2 Å². The maximum absolute atomic E-state index is 11.4. The highest BCUT2D eigenvalue weighted by Gasteiger charge is 2.15. The van der Waals surface area contributed by atoms with Gasteiger partial charge in [0.15, 0.2) is 5.58 Å². The molecule has 1 aromatic carbocycles. The van der Waals surface area contributed by atoms with Crippen molar-refractivity contribution in [1.29, 1.82) is 0 Å². The fourth-order valence-electron chi connectivity index (χ4n) is 1.80. The summed E-state index contributed by atoms with van der Waals surface area (Å²) in [5.41, 5.74) is 6.78. The van der Waals surface area contributed by atoms with Crippen molar-refractivity contribution in [2.24, 2.45) is 12.8 Å². The number of fused-ring (bicyclic) bond motifs is 1. The van der Waals surface area contributed by atoms with E-state index in [1.165, 1.54) is 16.5 Å². The molecular formula is C12H13N3O4. The molecule has 0 aliphatic rings. The van der Waals surface area contributed by atoms with Crippen LogP contribution >= 0.6 is 0 Å². The molecule has 100 valence electrons. The number of benzene rings is 1. The zero-order valence-corrected chi connectivity index (χ0v) is 10.5. The lowest BCUT2D eigenvalue weighted by Gasteiger charge is -2.14. The molecule has 0 aliphatic heterocycles. The molecule has 1 aromatic heterocycles. The number of aryl methyl sites for hydroxylation is 1. The summed E-state index contributed by atoms with van der Waals surface area (Å²) < 4.78 is 6.37. The number of hydrogen-bond acceptors (Lipinski definition) is 4. The Morgan fingerprint density at radius 1 is 1.42 bits per heavy atom. The Morgan fingerprint density at radius 3 is 2.74 bits per heavy atom. The lowest BCUT2D eigenvalue weighted by atomic mass is 10.2. The van der Waals surface area contributed by atoms with E-state index >= 15 is 0 Å². The Morgan fingerprint density at radius 2 is 2.11 bits per heavy atom. The maximum atomic E-state index is 11.4. The van der Waals surface area contributed by atoms with Crippen LogP contribution in [0.15, 0.2) is 27.4 Å². The molecular weight excluding hydrogens is 250 g/mol. The molecule has 2 amide bonds. The number of hydrogen-bond donors (Lipinski definition) is 1. The predicted molar refractivity (Wildman–Crippen MR) is 67.1 cm³/mol. The highest BCUT2D eigenvalue weighted by molar-refractivity contribution is 6.34. The molecule has 0 radical (unpaired) electrons. The third kappa shape index (κ3) is 2.35. The van der Waals surface area contributed by atoms with E-state index in [2.05, 4.69) is 0 Å². The number of rotatable bonds is 2. The van der Waals surface area contributed by atoms with Crippen LogP contribution in [0.5, 0.6) is 0 Å². The van der Waals surface area contributed by atoms with Crippen molar-refractivity contribution in [2.75, 3.05) is 7.05 Å². The van der Waals surface area contributed by atoms with Gasteiger partial charge >= 0.3 is 17.6 Å². The number of nitrogens with zero attached hydrogens (tertiary/aromatic N) is 2. The van der Waals surface area contributed by atoms with E-state index < -0.39 is 17.6 Å². The topological polar surface area (TPSA) is 98.5 Å². The van der Waals surface area contributed by atoms with E-state index in [4.69, 9.17) is 10.2 Å². The number of carbonyl (C=O) groups excluding carboxylic acids is 2. The second-order valence-corrected chi connectivity index (χ2v) is 4.25. The van der Waals surface area contributed by atoms with Crippen LogP contribution < -0.4 is 11.5 Å². The van der Waals surface area contributed by atoms with Gasteiger partial charge in [-0.25, -0.2) is 4.79 Å². The third-order valence-corrected chi connectivity index (χ3v) is 2.83. The summed E-state index contributed by atoms with van der Waals surface area (Å²) >= 11 is 0. The third-order valence-electron chi connectivity index (χ3n) is 2.83. The van der Waals surface area contributed by atoms with Crippen molar-refractivity contribution in [2.45, 2.75) is 6.54 Å². The van der Waals surface area contributed by atoms with Gasteiger partial charge in [0.25, 0.3) is 0 Å². The number of nitrogens with two attached hydrogens (primary N) is 1. The summed E-state index contributed by atoms with van der Waals surface area (Å²) in [5, 5.41) is 0. The molecule has 1 heterocycles. The van der Waals surface area contributed by atoms with Gasteiger partial charge in [-0.15, -0.1) is 0 Å². The Balaban J connectivity index is 2.31. The zero-order chi connectivity index (χ0) is 14.2. The summed E-state index contributed by atoms with van der Waals surface area (Å²) in [5.74, 6) is -2.21. The molecule has 19 heavy (non-hydrogen) atoms. The van der Waals surface area contributed by atoms with Gasteiger partial charge in [-0.1, -0.05) is 6.07 Å². The van der Waals surface area contributed by atoms with Crippen molar-refractivity contribution in [3.63, 3.8) is 0 Å². The first-order chi connectivity index (χ1) is 8.90. The van der Waals surface area contributed by atoms with Crippen LogP contribution in [0.25, 0.3) is 11.1 Å². The Bertz CT molecular complexity index is 713. The Labute approximate surface area is 108 Å². The smallest absolute Gasteiger partial charge is 0.408 e. The number of amides is 2. The van der Waals surface area contributed by atoms with Crippen LogP contribution in [0.1, 0.15) is 5.56 Å². The lowest BCUT2D eigenvalue weighted by Crippen LogP contribution is -2.37. The number of primary amides is 1. The highest BCUT2D eigenvalue weighted by Crippen LogP contribution is 2.15. The minimum absolute atomic E-state index is 0.219. The van der Waals surface area contributed by atoms with Gasteiger partial charge in [-0.05, 0) is 17.7 Å². The molecule has 0 bridgehead atoms. The molecule has 0 saturated heterocycles. The second kappa shape index (κ2) is 4.60. The van der Waals surface area contributed by atoms with Gasteiger partial charge in [0.05, 0.1) is 5.52 Å². The number of aromatic nitrogens is 1. The van der Waals surface area contributed by atoms with E-state index in [9.17, 15) is 14.4 Å².